The van der Waals surface area contributed by atoms with E-state index >= 15 is 0 Å². The van der Waals surface area contributed by atoms with Gasteiger partial charge in [0.2, 0.25) is 0 Å². The monoisotopic (exact) mass is 239 g/mol. The topological polar surface area (TPSA) is 47.9 Å². The zero-order valence-electron chi connectivity index (χ0n) is 10.9. The lowest BCUT2D eigenvalue weighted by molar-refractivity contribution is 0.131. The molecule has 0 saturated heterocycles. The Kier molecular flexibility index (Phi) is 4.26. The van der Waals surface area contributed by atoms with Gasteiger partial charge in [0, 0.05) is 26.7 Å². The van der Waals surface area contributed by atoms with Crippen LogP contribution in [0.25, 0.3) is 0 Å². The van der Waals surface area contributed by atoms with Gasteiger partial charge in [0.1, 0.15) is 0 Å². The van der Waals surface area contributed by atoms with Gasteiger partial charge in [-0.3, -0.25) is 4.99 Å². The maximum absolute atomic E-state index is 9.26. The Bertz CT molecular complexity index is 266. The molecule has 0 spiro atoms. The number of hydrogen-bond donors (Lipinski definition) is 2. The number of nitrogens with zero attached hydrogens (tertiary/aromatic N) is 2. The Balaban J connectivity index is 1.88. The number of aliphatic imine (C=N–C) groups is 1. The molecule has 0 aromatic rings. The summed E-state index contributed by atoms with van der Waals surface area (Å²) in [4.78, 5) is 6.64. The number of nitrogens with one attached hydrogen (secondary N) is 1. The van der Waals surface area contributed by atoms with Crippen molar-refractivity contribution in [3.8, 4) is 0 Å². The number of hydrogen-bond acceptors (Lipinski definition) is 4. The smallest absolute Gasteiger partial charge is 0.193 e. The predicted octanol–water partition coefficient (Wildman–Crippen LogP) is 1.21. The van der Waals surface area contributed by atoms with Gasteiger partial charge in [-0.15, -0.1) is 0 Å². The molecule has 17 heavy (non-hydrogen) atoms. The van der Waals surface area contributed by atoms with Crippen LogP contribution in [0.15, 0.2) is 4.99 Å². The second kappa shape index (κ2) is 5.71. The molecule has 2 rings (SSSR count). The van der Waals surface area contributed by atoms with Crippen molar-refractivity contribution in [2.45, 2.75) is 38.5 Å². The fourth-order valence-corrected chi connectivity index (χ4v) is 3.04. The summed E-state index contributed by atoms with van der Waals surface area (Å²) in [7, 11) is 2.08. The Morgan fingerprint density at radius 1 is 1.35 bits per heavy atom. The van der Waals surface area contributed by atoms with Crippen molar-refractivity contribution in [1.82, 2.24) is 10.2 Å². The summed E-state index contributed by atoms with van der Waals surface area (Å²) in [6, 6.07) is 0. The first-order valence-corrected chi connectivity index (χ1v) is 6.86. The molecule has 2 aliphatic rings. The van der Waals surface area contributed by atoms with Crippen molar-refractivity contribution < 1.29 is 5.11 Å². The summed E-state index contributed by atoms with van der Waals surface area (Å²) >= 11 is 0. The third-order valence-electron chi connectivity index (χ3n) is 4.24. The highest BCUT2D eigenvalue weighted by Gasteiger charge is 2.32. The van der Waals surface area contributed by atoms with Gasteiger partial charge < -0.3 is 15.3 Å². The number of guanidine groups is 1. The van der Waals surface area contributed by atoms with Gasteiger partial charge in [0.25, 0.3) is 0 Å². The lowest BCUT2D eigenvalue weighted by Crippen LogP contribution is -2.43. The van der Waals surface area contributed by atoms with Crippen LogP contribution in [0.4, 0.5) is 0 Å². The number of aliphatic hydroxyl groups is 1. The quantitative estimate of drug-likeness (QED) is 0.775. The molecule has 4 nitrogen and oxygen atoms in total. The average molecular weight is 239 g/mol. The largest absolute Gasteiger partial charge is 0.396 e. The minimum absolute atomic E-state index is 0.305. The van der Waals surface area contributed by atoms with E-state index in [1.54, 1.807) is 0 Å². The average Bonchev–Trinajstić information content (AvgIpc) is 2.74. The molecule has 1 heterocycles. The van der Waals surface area contributed by atoms with Crippen LogP contribution in [-0.2, 0) is 0 Å². The molecule has 1 aliphatic heterocycles. The standard InChI is InChI=1S/C13H25N3O/c1-16-9-8-14-12(16)15-11-13(7-10-17)5-3-2-4-6-13/h17H,2-11H2,1H3,(H,14,15). The summed E-state index contributed by atoms with van der Waals surface area (Å²) in [5.74, 6) is 1.04. The summed E-state index contributed by atoms with van der Waals surface area (Å²) in [6.45, 7) is 3.21. The van der Waals surface area contributed by atoms with E-state index in [4.69, 9.17) is 0 Å². The molecule has 0 aromatic carbocycles. The molecule has 98 valence electrons. The molecule has 0 atom stereocenters. The Morgan fingerprint density at radius 3 is 2.71 bits per heavy atom. The summed E-state index contributed by atoms with van der Waals surface area (Å²) in [6.07, 6.45) is 7.40. The van der Waals surface area contributed by atoms with Crippen molar-refractivity contribution >= 4 is 5.96 Å². The maximum Gasteiger partial charge on any atom is 0.193 e. The van der Waals surface area contributed by atoms with E-state index in [0.29, 0.717) is 12.0 Å². The Labute approximate surface area is 104 Å². The van der Waals surface area contributed by atoms with Gasteiger partial charge in [0.05, 0.1) is 6.54 Å². The van der Waals surface area contributed by atoms with Gasteiger partial charge in [-0.2, -0.15) is 0 Å². The predicted molar refractivity (Wildman–Crippen MR) is 70.2 cm³/mol. The SMILES string of the molecule is CN1CCN=C1NCC1(CCO)CCCCC1. The van der Waals surface area contributed by atoms with E-state index in [2.05, 4.69) is 22.3 Å². The van der Waals surface area contributed by atoms with Crippen LogP contribution in [-0.4, -0.2) is 49.3 Å². The second-order valence-corrected chi connectivity index (χ2v) is 5.51. The van der Waals surface area contributed by atoms with E-state index in [1.807, 2.05) is 0 Å². The highest BCUT2D eigenvalue weighted by molar-refractivity contribution is 5.81. The van der Waals surface area contributed by atoms with Gasteiger partial charge in [-0.25, -0.2) is 0 Å². The first kappa shape index (κ1) is 12.7. The van der Waals surface area contributed by atoms with E-state index in [0.717, 1.165) is 32.0 Å². The molecular formula is C13H25N3O. The molecule has 1 saturated carbocycles. The molecule has 1 fully saturated rings. The summed E-state index contributed by atoms with van der Waals surface area (Å²) in [5, 5.41) is 12.8. The van der Waals surface area contributed by atoms with Crippen molar-refractivity contribution in [2.24, 2.45) is 10.4 Å². The zero-order valence-corrected chi connectivity index (χ0v) is 10.9. The van der Waals surface area contributed by atoms with Crippen molar-refractivity contribution in [2.75, 3.05) is 33.3 Å². The molecule has 2 N–H and O–H groups in total. The van der Waals surface area contributed by atoms with Crippen LogP contribution >= 0.6 is 0 Å². The van der Waals surface area contributed by atoms with Crippen molar-refractivity contribution in [3.05, 3.63) is 0 Å². The number of aliphatic hydroxyl groups excluding tert-OH is 1. The Morgan fingerprint density at radius 2 is 2.12 bits per heavy atom. The maximum atomic E-state index is 9.26. The van der Waals surface area contributed by atoms with E-state index < -0.39 is 0 Å². The number of rotatable bonds is 4. The van der Waals surface area contributed by atoms with E-state index in [-0.39, 0.29) is 0 Å². The molecule has 0 unspecified atom stereocenters. The molecule has 0 aromatic heterocycles. The molecule has 0 amide bonds. The van der Waals surface area contributed by atoms with Crippen molar-refractivity contribution in [1.29, 1.82) is 0 Å². The fourth-order valence-electron chi connectivity index (χ4n) is 3.04. The lowest BCUT2D eigenvalue weighted by Gasteiger charge is -2.37. The van der Waals surface area contributed by atoms with Crippen molar-refractivity contribution in [3.63, 3.8) is 0 Å². The van der Waals surface area contributed by atoms with Gasteiger partial charge in [0.15, 0.2) is 5.96 Å². The molecule has 1 aliphatic carbocycles. The van der Waals surface area contributed by atoms with Gasteiger partial charge >= 0.3 is 0 Å². The third-order valence-corrected chi connectivity index (χ3v) is 4.24. The molecule has 4 heteroatoms. The highest BCUT2D eigenvalue weighted by atomic mass is 16.3. The summed E-state index contributed by atoms with van der Waals surface area (Å²) < 4.78 is 0. The fraction of sp³-hybridized carbons (Fsp3) is 0.923. The van der Waals surface area contributed by atoms with Crippen LogP contribution < -0.4 is 5.32 Å². The molecule has 0 bridgehead atoms. The van der Waals surface area contributed by atoms with Gasteiger partial charge in [-0.1, -0.05) is 19.3 Å². The van der Waals surface area contributed by atoms with Crippen LogP contribution in [0.2, 0.25) is 0 Å². The Hall–Kier alpha value is -0.770. The first-order chi connectivity index (χ1) is 8.26. The van der Waals surface area contributed by atoms with Crippen LogP contribution in [0.1, 0.15) is 38.5 Å². The number of likely N-dealkylation sites (N-methyl/N-ethyl adjacent to an activating group) is 1. The zero-order chi connectivity index (χ0) is 12.1. The minimum atomic E-state index is 0.305. The van der Waals surface area contributed by atoms with Crippen LogP contribution in [0, 0.1) is 5.41 Å². The summed E-state index contributed by atoms with van der Waals surface area (Å²) in [5.41, 5.74) is 0.305. The molecular weight excluding hydrogens is 214 g/mol. The minimum Gasteiger partial charge on any atom is -0.396 e. The van der Waals surface area contributed by atoms with Gasteiger partial charge in [-0.05, 0) is 24.7 Å². The normalized spacial score (nSPS) is 23.6. The van der Waals surface area contributed by atoms with E-state index in [1.165, 1.54) is 32.1 Å². The van der Waals surface area contributed by atoms with Crippen LogP contribution in [0.3, 0.4) is 0 Å². The highest BCUT2D eigenvalue weighted by Crippen LogP contribution is 2.38. The third kappa shape index (κ3) is 3.12. The van der Waals surface area contributed by atoms with Crippen LogP contribution in [0.5, 0.6) is 0 Å². The first-order valence-electron chi connectivity index (χ1n) is 6.86. The van der Waals surface area contributed by atoms with E-state index in [9.17, 15) is 5.11 Å². The lowest BCUT2D eigenvalue weighted by atomic mass is 9.72. The second-order valence-electron chi connectivity index (χ2n) is 5.51. The molecule has 0 radical (unpaired) electrons.